The number of halogens is 1. The van der Waals surface area contributed by atoms with Crippen LogP contribution in [0.15, 0.2) is 89.4 Å². The van der Waals surface area contributed by atoms with Crippen molar-refractivity contribution in [3.8, 4) is 23.0 Å². The summed E-state index contributed by atoms with van der Waals surface area (Å²) in [6, 6.07) is 27.6. The summed E-state index contributed by atoms with van der Waals surface area (Å²) in [5.74, 6) is 4.15. The van der Waals surface area contributed by atoms with Gasteiger partial charge in [-0.3, -0.25) is 28.8 Å². The van der Waals surface area contributed by atoms with Crippen molar-refractivity contribution < 1.29 is 34.1 Å². The number of phenolic OH excluding ortho intramolecular Hbond substituents is 2. The number of aromatic hydroxyl groups is 2. The monoisotopic (exact) mass is 1240 g/mol. The Labute approximate surface area is 513 Å². The topological polar surface area (TPSA) is 194 Å². The average Bonchev–Trinajstić information content (AvgIpc) is 1.99. The van der Waals surface area contributed by atoms with Gasteiger partial charge in [0.1, 0.15) is 34.0 Å². The highest BCUT2D eigenvalue weighted by molar-refractivity contribution is 9.10. The van der Waals surface area contributed by atoms with Crippen LogP contribution in [0.3, 0.4) is 0 Å². The maximum Gasteiger partial charge on any atom is 0.254 e. The van der Waals surface area contributed by atoms with Crippen LogP contribution in [0, 0.1) is 17.8 Å². The lowest BCUT2D eigenvalue weighted by Gasteiger charge is -2.49. The Hall–Kier alpha value is -7.52. The van der Waals surface area contributed by atoms with E-state index in [2.05, 4.69) is 67.7 Å². The zero-order valence-electron chi connectivity index (χ0n) is 49.5. The molecule has 87 heavy (non-hydrogen) atoms. The van der Waals surface area contributed by atoms with Crippen molar-refractivity contribution >= 4 is 66.4 Å². The van der Waals surface area contributed by atoms with Crippen LogP contribution in [0.1, 0.15) is 97.8 Å². The van der Waals surface area contributed by atoms with E-state index in [1.807, 2.05) is 57.9 Å². The third-order valence-electron chi connectivity index (χ3n) is 20.9. The number of piperidine rings is 9. The highest BCUT2D eigenvalue weighted by Crippen LogP contribution is 2.41. The molecule has 12 aliphatic heterocycles. The number of aromatic nitrogens is 6. The largest absolute Gasteiger partial charge is 0.506 e. The molecular formula is C67H75BrN12O7. The number of fused-ring (bicyclic) bond motifs is 9. The molecule has 9 fully saturated rings. The van der Waals surface area contributed by atoms with Crippen LogP contribution in [-0.2, 0) is 32.4 Å². The minimum absolute atomic E-state index is 0.0801. The molecule has 3 N–H and O–H groups in total. The maximum absolute atomic E-state index is 13.8. The highest BCUT2D eigenvalue weighted by Gasteiger charge is 2.44. The van der Waals surface area contributed by atoms with Crippen molar-refractivity contribution in [1.29, 1.82) is 0 Å². The first-order valence-electron chi connectivity index (χ1n) is 31.4. The van der Waals surface area contributed by atoms with E-state index in [0.29, 0.717) is 78.1 Å². The van der Waals surface area contributed by atoms with Gasteiger partial charge in [0.15, 0.2) is 0 Å². The first-order valence-corrected chi connectivity index (χ1v) is 32.2. The summed E-state index contributed by atoms with van der Waals surface area (Å²) in [6.45, 7) is 13.4. The third kappa shape index (κ3) is 10.1. The molecule has 0 radical (unpaired) electrons. The van der Waals surface area contributed by atoms with E-state index >= 15 is 0 Å². The number of aromatic amines is 1. The highest BCUT2D eigenvalue weighted by atomic mass is 79.9. The van der Waals surface area contributed by atoms with E-state index in [-0.39, 0.29) is 35.3 Å². The Bertz CT molecular complexity index is 3760. The Morgan fingerprint density at radius 2 is 0.897 bits per heavy atom. The zero-order valence-corrected chi connectivity index (χ0v) is 51.1. The molecule has 3 atom stereocenters. The van der Waals surface area contributed by atoms with Gasteiger partial charge in [0, 0.05) is 103 Å². The molecule has 6 bridgehead atoms. The number of nitrogens with zero attached hydrogens (tertiary/aromatic N) is 11. The molecule has 9 saturated heterocycles. The van der Waals surface area contributed by atoms with Crippen LogP contribution in [0.4, 0.5) is 0 Å². The zero-order chi connectivity index (χ0) is 59.2. The number of benzene rings is 5. The van der Waals surface area contributed by atoms with E-state index in [4.69, 9.17) is 19.7 Å². The molecule has 3 aromatic heterocycles. The van der Waals surface area contributed by atoms with Crippen LogP contribution < -0.4 is 9.47 Å². The Kier molecular flexibility index (Phi) is 14.7. The predicted octanol–water partition coefficient (Wildman–Crippen LogP) is 8.20. The van der Waals surface area contributed by atoms with E-state index in [0.717, 1.165) is 130 Å². The number of H-pyrrole nitrogens is 1. The van der Waals surface area contributed by atoms with E-state index in [1.54, 1.807) is 38.5 Å². The Morgan fingerprint density at radius 3 is 1.33 bits per heavy atom. The molecule has 452 valence electrons. The van der Waals surface area contributed by atoms with Crippen LogP contribution >= 0.6 is 15.9 Å². The first kappa shape index (κ1) is 56.0. The van der Waals surface area contributed by atoms with Crippen molar-refractivity contribution in [3.05, 3.63) is 134 Å². The fourth-order valence-electron chi connectivity index (χ4n) is 16.3. The first-order chi connectivity index (χ1) is 42.5. The van der Waals surface area contributed by atoms with Gasteiger partial charge in [-0.25, -0.2) is 0 Å². The number of phenols is 2. The van der Waals surface area contributed by atoms with Gasteiger partial charge in [-0.1, -0.05) is 24.3 Å². The van der Waals surface area contributed by atoms with Crippen LogP contribution in [0.25, 0.3) is 32.7 Å². The quantitative estimate of drug-likeness (QED) is 0.125. The summed E-state index contributed by atoms with van der Waals surface area (Å²) in [6.07, 6.45) is 9.45. The molecule has 20 rings (SSSR count). The molecule has 5 aromatic carbocycles. The summed E-state index contributed by atoms with van der Waals surface area (Å²) in [7, 11) is 3.33. The van der Waals surface area contributed by atoms with E-state index < -0.39 is 0 Å². The number of amides is 3. The number of methoxy groups -OCH3 is 2. The van der Waals surface area contributed by atoms with E-state index in [1.165, 1.54) is 64.7 Å². The Balaban J connectivity index is 0.000000112. The SMILES string of the molecule is COc1ccc(Cn2nc3c4c(ccc(Br)c42)C(=O)N([C@@H]2CN4CCC2CC4)CC3)cc1.COc1ccc(Cn2nc3c4c(ccc(O)c42)C(=O)N([C@@H]2CN4CCC2CC4)CC3)cc1.O=C1c2ccc(O)c3n[nH]c(c23)CCN1[C@@H]1CN2CCC1CC2. The number of nitrogens with one attached hydrogen (secondary N) is 1. The minimum Gasteiger partial charge on any atom is -0.506 e. The number of hydrogen-bond acceptors (Lipinski definition) is 13. The van der Waals surface area contributed by atoms with Crippen LogP contribution in [0.2, 0.25) is 0 Å². The van der Waals surface area contributed by atoms with Crippen molar-refractivity contribution in [3.63, 3.8) is 0 Å². The number of rotatable bonds is 9. The van der Waals surface area contributed by atoms with Gasteiger partial charge in [0.2, 0.25) is 0 Å². The maximum atomic E-state index is 13.8. The summed E-state index contributed by atoms with van der Waals surface area (Å²) in [5, 5.41) is 40.4. The van der Waals surface area contributed by atoms with Gasteiger partial charge in [0.25, 0.3) is 17.7 Å². The van der Waals surface area contributed by atoms with Crippen molar-refractivity contribution in [1.82, 2.24) is 59.2 Å². The molecule has 0 spiro atoms. The number of hydrogen-bond donors (Lipinski definition) is 3. The molecule has 0 unspecified atom stereocenters. The number of carbonyl (C=O) groups is 3. The normalized spacial score (nSPS) is 26.1. The smallest absolute Gasteiger partial charge is 0.254 e. The van der Waals surface area contributed by atoms with Gasteiger partial charge in [-0.05, 0) is 183 Å². The second-order valence-corrected chi connectivity index (χ2v) is 26.4. The standard InChI is InChI=1S/C25H27BrN4O2.C25H28N4O3.C17H20N4O2/c1-32-18-4-2-16(3-5-18)14-30-24-20(26)7-6-19-23(24)21(27-30)10-13-29(25(19)31)22-15-28-11-8-17(22)9-12-28;1-32-18-4-2-16(3-5-18)14-29-24-22(30)7-6-19-23(24)20(26-29)10-13-28(25(19)31)21-15-27-11-8-17(21)9-12-27;22-14-2-1-11-15-12(18-19-16(14)15)5-8-21(17(11)23)13-9-20-6-3-10(13)4-7-20/h2-7,17,22H,8-15H2,1H3;2-7,17,21,30H,8-15H2,1H3;1-2,10,13,22H,3-9H2,(H,18,19)/t22-;21-;13-/m111/s1. The van der Waals surface area contributed by atoms with Gasteiger partial charge in [-0.2, -0.15) is 15.3 Å². The molecule has 15 heterocycles. The van der Waals surface area contributed by atoms with Crippen molar-refractivity contribution in [2.24, 2.45) is 17.8 Å². The van der Waals surface area contributed by atoms with Gasteiger partial charge in [-0.15, -0.1) is 0 Å². The molecule has 3 amide bonds. The lowest BCUT2D eigenvalue weighted by Crippen LogP contribution is -2.58. The Morgan fingerprint density at radius 1 is 0.494 bits per heavy atom. The third-order valence-corrected chi connectivity index (χ3v) is 21.6. The lowest BCUT2D eigenvalue weighted by atomic mass is 9.83. The van der Waals surface area contributed by atoms with Crippen molar-refractivity contribution in [2.75, 3.05) is 92.8 Å². The average molecular weight is 1240 g/mol. The molecule has 20 heteroatoms. The molecule has 0 saturated carbocycles. The fourth-order valence-corrected chi connectivity index (χ4v) is 16.8. The predicted molar refractivity (Wildman–Crippen MR) is 334 cm³/mol. The summed E-state index contributed by atoms with van der Waals surface area (Å²) < 4.78 is 15.4. The molecular weight excluding hydrogens is 1160 g/mol. The molecule has 19 nitrogen and oxygen atoms in total. The fraction of sp³-hybridized carbons (Fsp3) is 0.463. The number of carbonyl (C=O) groups excluding carboxylic acids is 3. The van der Waals surface area contributed by atoms with E-state index in [9.17, 15) is 24.6 Å². The van der Waals surface area contributed by atoms with Gasteiger partial charge >= 0.3 is 0 Å². The summed E-state index contributed by atoms with van der Waals surface area (Å²) in [5.41, 5.74) is 9.42. The molecule has 8 aromatic rings. The van der Waals surface area contributed by atoms with Crippen molar-refractivity contribution in [2.45, 2.75) is 89.0 Å². The molecule has 0 aliphatic carbocycles. The van der Waals surface area contributed by atoms with Crippen LogP contribution in [-0.4, -0.2) is 198 Å². The lowest BCUT2D eigenvalue weighted by molar-refractivity contribution is 0.00796. The second-order valence-electron chi connectivity index (χ2n) is 25.5. The van der Waals surface area contributed by atoms with Crippen LogP contribution in [0.5, 0.6) is 23.0 Å². The van der Waals surface area contributed by atoms with Gasteiger partial charge in [0.05, 0.1) is 60.9 Å². The summed E-state index contributed by atoms with van der Waals surface area (Å²) >= 11 is 3.74. The van der Waals surface area contributed by atoms with Gasteiger partial charge < -0.3 is 49.1 Å². The molecule has 12 aliphatic rings. The number of ether oxygens (including phenoxy) is 2. The second kappa shape index (κ2) is 22.9. The minimum atomic E-state index is 0.0801. The summed E-state index contributed by atoms with van der Waals surface area (Å²) in [4.78, 5) is 54.5.